The van der Waals surface area contributed by atoms with Crippen LogP contribution in [-0.4, -0.2) is 22.2 Å². The second-order valence-electron chi connectivity index (χ2n) is 3.71. The number of Topliss-reactive ketones (excluding diaryl/α,β-unsaturated/α-hetero) is 1. The number of para-hydroxylation sites is 1. The lowest BCUT2D eigenvalue weighted by Gasteiger charge is -2.08. The standard InChI is InChI=1S/C13H13ClN2O2/c1-2-18-13-6-4-3-5-11(13)12(17)9-16-8-10(14)7-15-16/h3-8H,2,9H2,1H3. The zero-order valence-corrected chi connectivity index (χ0v) is 10.7. The number of aromatic nitrogens is 2. The van der Waals surface area contributed by atoms with Crippen molar-refractivity contribution in [1.82, 2.24) is 9.78 Å². The fraction of sp³-hybridized carbons (Fsp3) is 0.231. The molecule has 0 unspecified atom stereocenters. The number of ketones is 1. The largest absolute Gasteiger partial charge is 0.493 e. The molecule has 0 bridgehead atoms. The van der Waals surface area contributed by atoms with Crippen molar-refractivity contribution in [1.29, 1.82) is 0 Å². The van der Waals surface area contributed by atoms with Gasteiger partial charge in [-0.15, -0.1) is 0 Å². The monoisotopic (exact) mass is 264 g/mol. The van der Waals surface area contributed by atoms with E-state index in [1.54, 1.807) is 18.3 Å². The molecule has 1 aromatic carbocycles. The third-order valence-electron chi connectivity index (χ3n) is 2.39. The van der Waals surface area contributed by atoms with Gasteiger partial charge in [0.25, 0.3) is 0 Å². The summed E-state index contributed by atoms with van der Waals surface area (Å²) in [5.41, 5.74) is 0.561. The van der Waals surface area contributed by atoms with Crippen LogP contribution in [0, 0.1) is 0 Å². The Labute approximate surface area is 110 Å². The number of nitrogens with zero attached hydrogens (tertiary/aromatic N) is 2. The van der Waals surface area contributed by atoms with Crippen molar-refractivity contribution in [2.75, 3.05) is 6.61 Å². The molecule has 0 saturated carbocycles. The van der Waals surface area contributed by atoms with E-state index in [2.05, 4.69) is 5.10 Å². The lowest BCUT2D eigenvalue weighted by molar-refractivity contribution is 0.0964. The highest BCUT2D eigenvalue weighted by molar-refractivity contribution is 6.30. The summed E-state index contributed by atoms with van der Waals surface area (Å²) in [6.07, 6.45) is 3.12. The minimum Gasteiger partial charge on any atom is -0.493 e. The fourth-order valence-electron chi connectivity index (χ4n) is 1.64. The maximum Gasteiger partial charge on any atom is 0.187 e. The van der Waals surface area contributed by atoms with E-state index in [1.807, 2.05) is 19.1 Å². The Balaban J connectivity index is 2.18. The van der Waals surface area contributed by atoms with Crippen molar-refractivity contribution in [3.8, 4) is 5.75 Å². The van der Waals surface area contributed by atoms with E-state index in [-0.39, 0.29) is 12.3 Å². The van der Waals surface area contributed by atoms with Crippen LogP contribution in [0.3, 0.4) is 0 Å². The van der Waals surface area contributed by atoms with Gasteiger partial charge >= 0.3 is 0 Å². The highest BCUT2D eigenvalue weighted by Gasteiger charge is 2.12. The van der Waals surface area contributed by atoms with Crippen molar-refractivity contribution in [2.24, 2.45) is 0 Å². The minimum atomic E-state index is -0.0567. The van der Waals surface area contributed by atoms with Gasteiger partial charge in [0.15, 0.2) is 5.78 Å². The fourth-order valence-corrected chi connectivity index (χ4v) is 1.79. The van der Waals surface area contributed by atoms with Gasteiger partial charge in [0, 0.05) is 6.20 Å². The molecule has 1 aromatic heterocycles. The van der Waals surface area contributed by atoms with Crippen LogP contribution in [0.4, 0.5) is 0 Å². The van der Waals surface area contributed by atoms with Gasteiger partial charge < -0.3 is 4.74 Å². The highest BCUT2D eigenvalue weighted by atomic mass is 35.5. The topological polar surface area (TPSA) is 44.1 Å². The summed E-state index contributed by atoms with van der Waals surface area (Å²) in [4.78, 5) is 12.1. The Morgan fingerprint density at radius 2 is 2.22 bits per heavy atom. The van der Waals surface area contributed by atoms with E-state index in [0.29, 0.717) is 22.9 Å². The lowest BCUT2D eigenvalue weighted by atomic mass is 10.1. The summed E-state index contributed by atoms with van der Waals surface area (Å²) in [5.74, 6) is 0.544. The first-order chi connectivity index (χ1) is 8.70. The Bertz CT molecular complexity index is 551. The molecule has 4 nitrogen and oxygen atoms in total. The molecule has 0 saturated heterocycles. The van der Waals surface area contributed by atoms with Gasteiger partial charge in [-0.2, -0.15) is 5.10 Å². The Kier molecular flexibility index (Phi) is 3.99. The lowest BCUT2D eigenvalue weighted by Crippen LogP contribution is -2.12. The van der Waals surface area contributed by atoms with Gasteiger partial charge in [0.2, 0.25) is 0 Å². The third-order valence-corrected chi connectivity index (χ3v) is 2.59. The molecule has 0 amide bonds. The second kappa shape index (κ2) is 5.69. The van der Waals surface area contributed by atoms with Gasteiger partial charge in [-0.25, -0.2) is 0 Å². The average Bonchev–Trinajstić information content (AvgIpc) is 2.76. The molecular weight excluding hydrogens is 252 g/mol. The summed E-state index contributed by atoms with van der Waals surface area (Å²) >= 11 is 5.75. The van der Waals surface area contributed by atoms with Gasteiger partial charge in [0.1, 0.15) is 12.3 Å². The molecule has 94 valence electrons. The summed E-state index contributed by atoms with van der Waals surface area (Å²) in [6, 6.07) is 7.18. The summed E-state index contributed by atoms with van der Waals surface area (Å²) in [7, 11) is 0. The number of hydrogen-bond acceptors (Lipinski definition) is 3. The van der Waals surface area contributed by atoms with E-state index >= 15 is 0 Å². The van der Waals surface area contributed by atoms with Crippen LogP contribution in [0.2, 0.25) is 5.02 Å². The van der Waals surface area contributed by atoms with Crippen LogP contribution < -0.4 is 4.74 Å². The molecule has 2 aromatic rings. The van der Waals surface area contributed by atoms with E-state index in [4.69, 9.17) is 16.3 Å². The van der Waals surface area contributed by atoms with Gasteiger partial charge in [-0.05, 0) is 19.1 Å². The molecule has 2 rings (SSSR count). The zero-order chi connectivity index (χ0) is 13.0. The predicted molar refractivity (Wildman–Crippen MR) is 69.2 cm³/mol. The Morgan fingerprint density at radius 1 is 1.44 bits per heavy atom. The second-order valence-corrected chi connectivity index (χ2v) is 4.14. The predicted octanol–water partition coefficient (Wildman–Crippen LogP) is 2.82. The van der Waals surface area contributed by atoms with Crippen LogP contribution in [0.1, 0.15) is 17.3 Å². The van der Waals surface area contributed by atoms with Crippen molar-refractivity contribution in [3.63, 3.8) is 0 Å². The SMILES string of the molecule is CCOc1ccccc1C(=O)Cn1cc(Cl)cn1. The number of benzene rings is 1. The van der Waals surface area contributed by atoms with Gasteiger partial charge in [0.05, 0.1) is 23.4 Å². The van der Waals surface area contributed by atoms with Gasteiger partial charge in [-0.1, -0.05) is 23.7 Å². The molecular formula is C13H13ClN2O2. The summed E-state index contributed by atoms with van der Waals surface area (Å²) < 4.78 is 6.93. The number of carbonyl (C=O) groups excluding carboxylic acids is 1. The highest BCUT2D eigenvalue weighted by Crippen LogP contribution is 2.19. The van der Waals surface area contributed by atoms with Gasteiger partial charge in [-0.3, -0.25) is 9.48 Å². The maximum atomic E-state index is 12.1. The quantitative estimate of drug-likeness (QED) is 0.780. The molecule has 0 aliphatic heterocycles. The number of carbonyl (C=O) groups is 1. The zero-order valence-electron chi connectivity index (χ0n) is 9.97. The molecule has 0 atom stereocenters. The maximum absolute atomic E-state index is 12.1. The number of halogens is 1. The minimum absolute atomic E-state index is 0.0567. The summed E-state index contributed by atoms with van der Waals surface area (Å²) in [5, 5.41) is 4.49. The van der Waals surface area contributed by atoms with Crippen molar-refractivity contribution >= 4 is 17.4 Å². The molecule has 18 heavy (non-hydrogen) atoms. The smallest absolute Gasteiger partial charge is 0.187 e. The van der Waals surface area contributed by atoms with Crippen molar-refractivity contribution in [3.05, 3.63) is 47.2 Å². The first-order valence-electron chi connectivity index (χ1n) is 5.63. The van der Waals surface area contributed by atoms with Crippen molar-refractivity contribution in [2.45, 2.75) is 13.5 Å². The van der Waals surface area contributed by atoms with Crippen LogP contribution >= 0.6 is 11.6 Å². The number of ether oxygens (including phenoxy) is 1. The van der Waals surface area contributed by atoms with Crippen LogP contribution in [-0.2, 0) is 6.54 Å². The van der Waals surface area contributed by atoms with Crippen LogP contribution in [0.15, 0.2) is 36.7 Å². The van der Waals surface area contributed by atoms with Crippen LogP contribution in [0.5, 0.6) is 5.75 Å². The first-order valence-corrected chi connectivity index (χ1v) is 6.01. The molecule has 5 heteroatoms. The van der Waals surface area contributed by atoms with E-state index in [9.17, 15) is 4.79 Å². The van der Waals surface area contributed by atoms with Crippen molar-refractivity contribution < 1.29 is 9.53 Å². The molecule has 0 N–H and O–H groups in total. The molecule has 0 spiro atoms. The molecule has 0 radical (unpaired) electrons. The number of rotatable bonds is 5. The third kappa shape index (κ3) is 2.90. The van der Waals surface area contributed by atoms with E-state index < -0.39 is 0 Å². The molecule has 0 aliphatic carbocycles. The van der Waals surface area contributed by atoms with E-state index in [0.717, 1.165) is 0 Å². The van der Waals surface area contributed by atoms with Crippen LogP contribution in [0.25, 0.3) is 0 Å². The Morgan fingerprint density at radius 3 is 2.89 bits per heavy atom. The Hall–Kier alpha value is -1.81. The molecule has 1 heterocycles. The first kappa shape index (κ1) is 12.6. The number of hydrogen-bond donors (Lipinski definition) is 0. The molecule has 0 aliphatic rings. The average molecular weight is 265 g/mol. The normalized spacial score (nSPS) is 10.3. The van der Waals surface area contributed by atoms with E-state index in [1.165, 1.54) is 10.9 Å². The summed E-state index contributed by atoms with van der Waals surface area (Å²) in [6.45, 7) is 2.56. The molecule has 0 fully saturated rings.